The second-order valence-corrected chi connectivity index (χ2v) is 3.94. The Hall–Kier alpha value is -2.81. The Morgan fingerprint density at radius 1 is 1.45 bits per heavy atom. The number of halogens is 1. The van der Waals surface area contributed by atoms with E-state index in [1.807, 2.05) is 0 Å². The van der Waals surface area contributed by atoms with Crippen molar-refractivity contribution in [1.82, 2.24) is 9.97 Å². The van der Waals surface area contributed by atoms with Crippen molar-refractivity contribution >= 4 is 23.1 Å². The van der Waals surface area contributed by atoms with Gasteiger partial charge in [-0.1, -0.05) is 6.07 Å². The molecule has 0 aliphatic carbocycles. The van der Waals surface area contributed by atoms with Crippen LogP contribution in [0.4, 0.5) is 27.5 Å². The van der Waals surface area contributed by atoms with Crippen LogP contribution in [0.15, 0.2) is 24.4 Å². The van der Waals surface area contributed by atoms with Gasteiger partial charge in [-0.05, 0) is 24.6 Å². The molecule has 0 radical (unpaired) electrons. The third kappa shape index (κ3) is 2.78. The van der Waals surface area contributed by atoms with Gasteiger partial charge in [0.05, 0.1) is 10.6 Å². The highest BCUT2D eigenvalue weighted by molar-refractivity contribution is 5.66. The molecule has 9 heteroatoms. The molecule has 0 amide bonds. The maximum absolute atomic E-state index is 13.7. The molecule has 0 atom stereocenters. The van der Waals surface area contributed by atoms with E-state index >= 15 is 0 Å². The van der Waals surface area contributed by atoms with Crippen molar-refractivity contribution in [2.45, 2.75) is 6.92 Å². The number of hydrogen-bond donors (Lipinski definition) is 3. The smallest absolute Gasteiger partial charge is 0.329 e. The summed E-state index contributed by atoms with van der Waals surface area (Å²) in [5, 5.41) is 13.5. The monoisotopic (exact) mass is 278 g/mol. The van der Waals surface area contributed by atoms with Crippen LogP contribution in [-0.4, -0.2) is 14.9 Å². The molecule has 0 saturated carbocycles. The molecule has 1 aromatic carbocycles. The van der Waals surface area contributed by atoms with E-state index in [1.54, 1.807) is 13.0 Å². The van der Waals surface area contributed by atoms with Crippen LogP contribution in [0.5, 0.6) is 0 Å². The Labute approximate surface area is 113 Å². The molecule has 0 saturated heterocycles. The third-order valence-electron chi connectivity index (χ3n) is 2.47. The van der Waals surface area contributed by atoms with Crippen molar-refractivity contribution in [1.29, 1.82) is 0 Å². The predicted molar refractivity (Wildman–Crippen MR) is 70.9 cm³/mol. The first-order valence-electron chi connectivity index (χ1n) is 5.52. The Kier molecular flexibility index (Phi) is 3.71. The molecule has 0 aliphatic heterocycles. The van der Waals surface area contributed by atoms with Crippen molar-refractivity contribution in [3.05, 3.63) is 45.9 Å². The van der Waals surface area contributed by atoms with Crippen LogP contribution >= 0.6 is 0 Å². The van der Waals surface area contributed by atoms with Gasteiger partial charge in [-0.3, -0.25) is 15.5 Å². The van der Waals surface area contributed by atoms with Gasteiger partial charge in [0.15, 0.2) is 0 Å². The first-order valence-corrected chi connectivity index (χ1v) is 5.52. The Morgan fingerprint density at radius 3 is 2.85 bits per heavy atom. The van der Waals surface area contributed by atoms with E-state index in [4.69, 9.17) is 5.84 Å². The number of rotatable bonds is 4. The van der Waals surface area contributed by atoms with Gasteiger partial charge in [-0.25, -0.2) is 15.2 Å². The normalized spacial score (nSPS) is 10.2. The zero-order chi connectivity index (χ0) is 14.7. The fraction of sp³-hybridized carbons (Fsp3) is 0.0909. The van der Waals surface area contributed by atoms with Gasteiger partial charge in [0.25, 0.3) is 0 Å². The predicted octanol–water partition coefficient (Wildman–Crippen LogP) is 1.86. The lowest BCUT2D eigenvalue weighted by atomic mass is 10.2. The number of hydrogen-bond acceptors (Lipinski definition) is 7. The average molecular weight is 278 g/mol. The van der Waals surface area contributed by atoms with Crippen LogP contribution < -0.4 is 16.6 Å². The molecule has 104 valence electrons. The molecule has 0 unspecified atom stereocenters. The summed E-state index contributed by atoms with van der Waals surface area (Å²) in [7, 11) is 0. The molecule has 8 nitrogen and oxygen atoms in total. The number of nitrogens with two attached hydrogens (primary N) is 1. The molecule has 1 heterocycles. The van der Waals surface area contributed by atoms with Crippen LogP contribution in [0.1, 0.15) is 5.56 Å². The third-order valence-corrected chi connectivity index (χ3v) is 2.47. The van der Waals surface area contributed by atoms with Gasteiger partial charge in [-0.15, -0.1) is 0 Å². The maximum Gasteiger partial charge on any atom is 0.329 e. The number of nitrogens with zero attached hydrogens (tertiary/aromatic N) is 3. The largest absolute Gasteiger partial charge is 0.332 e. The lowest BCUT2D eigenvalue weighted by molar-refractivity contribution is -0.384. The zero-order valence-corrected chi connectivity index (χ0v) is 10.4. The maximum atomic E-state index is 13.7. The summed E-state index contributed by atoms with van der Waals surface area (Å²) in [5.74, 6) is 4.42. The molecule has 4 N–H and O–H groups in total. The minimum atomic E-state index is -0.670. The van der Waals surface area contributed by atoms with Crippen molar-refractivity contribution in [2.75, 3.05) is 10.7 Å². The van der Waals surface area contributed by atoms with E-state index in [0.717, 1.165) is 11.8 Å². The second-order valence-electron chi connectivity index (χ2n) is 3.94. The summed E-state index contributed by atoms with van der Waals surface area (Å²) in [6.07, 6.45) is 0.984. The first-order chi connectivity index (χ1) is 9.51. The number of hydrazine groups is 1. The Balaban J connectivity index is 2.45. The van der Waals surface area contributed by atoms with E-state index < -0.39 is 10.7 Å². The van der Waals surface area contributed by atoms with Gasteiger partial charge in [-0.2, -0.15) is 4.98 Å². The SMILES string of the molecule is Cc1ccc(F)c(Nc2nc(NN)ncc2[N+](=O)[O-])c1. The molecular formula is C11H11FN6O2. The molecule has 0 spiro atoms. The van der Waals surface area contributed by atoms with Crippen molar-refractivity contribution in [3.63, 3.8) is 0 Å². The van der Waals surface area contributed by atoms with E-state index in [9.17, 15) is 14.5 Å². The summed E-state index contributed by atoms with van der Waals surface area (Å²) in [6.45, 7) is 1.77. The number of nitrogen functional groups attached to an aromatic ring is 1. The Morgan fingerprint density at radius 2 is 2.20 bits per heavy atom. The molecular weight excluding hydrogens is 267 g/mol. The minimum Gasteiger partial charge on any atom is -0.332 e. The minimum absolute atomic E-state index is 0.0221. The zero-order valence-electron chi connectivity index (χ0n) is 10.4. The number of anilines is 3. The number of nitro groups is 1. The van der Waals surface area contributed by atoms with E-state index in [-0.39, 0.29) is 23.1 Å². The van der Waals surface area contributed by atoms with Crippen LogP contribution in [0.2, 0.25) is 0 Å². The number of benzene rings is 1. The molecule has 0 fully saturated rings. The van der Waals surface area contributed by atoms with Gasteiger partial charge >= 0.3 is 5.69 Å². The first kappa shape index (κ1) is 13.6. The van der Waals surface area contributed by atoms with Crippen LogP contribution in [0.3, 0.4) is 0 Å². The summed E-state index contributed by atoms with van der Waals surface area (Å²) in [4.78, 5) is 17.7. The standard InChI is InChI=1S/C11H11FN6O2/c1-6-2-3-7(12)8(4-6)15-10-9(18(19)20)5-14-11(16-10)17-13/h2-5H,13H2,1H3,(H2,14,15,16,17). The highest BCUT2D eigenvalue weighted by Crippen LogP contribution is 2.27. The van der Waals surface area contributed by atoms with Crippen molar-refractivity contribution in [2.24, 2.45) is 5.84 Å². The van der Waals surface area contributed by atoms with Gasteiger partial charge < -0.3 is 5.32 Å². The van der Waals surface area contributed by atoms with Crippen LogP contribution in [0.25, 0.3) is 0 Å². The number of aromatic nitrogens is 2. The fourth-order valence-corrected chi connectivity index (χ4v) is 1.53. The Bertz CT molecular complexity index is 663. The van der Waals surface area contributed by atoms with Crippen molar-refractivity contribution in [3.8, 4) is 0 Å². The lowest BCUT2D eigenvalue weighted by Crippen LogP contribution is -2.12. The van der Waals surface area contributed by atoms with Gasteiger partial charge in [0.1, 0.15) is 12.0 Å². The number of aryl methyl sites for hydroxylation is 1. The highest BCUT2D eigenvalue weighted by Gasteiger charge is 2.18. The summed E-state index contributed by atoms with van der Waals surface area (Å²) in [5.41, 5.74) is 2.66. The second kappa shape index (κ2) is 5.45. The van der Waals surface area contributed by atoms with Gasteiger partial charge in [0.2, 0.25) is 11.8 Å². The topological polar surface area (TPSA) is 119 Å². The summed E-state index contributed by atoms with van der Waals surface area (Å²) < 4.78 is 13.7. The molecule has 1 aromatic heterocycles. The van der Waals surface area contributed by atoms with E-state index in [1.165, 1.54) is 12.1 Å². The molecule has 20 heavy (non-hydrogen) atoms. The average Bonchev–Trinajstić information content (AvgIpc) is 2.42. The molecule has 2 rings (SSSR count). The highest BCUT2D eigenvalue weighted by atomic mass is 19.1. The van der Waals surface area contributed by atoms with E-state index in [2.05, 4.69) is 20.7 Å². The quantitative estimate of drug-likeness (QED) is 0.443. The fourth-order valence-electron chi connectivity index (χ4n) is 1.53. The number of nitrogens with one attached hydrogen (secondary N) is 2. The summed E-state index contributed by atoms with van der Waals surface area (Å²) in [6, 6.07) is 4.35. The summed E-state index contributed by atoms with van der Waals surface area (Å²) >= 11 is 0. The van der Waals surface area contributed by atoms with Crippen LogP contribution in [-0.2, 0) is 0 Å². The van der Waals surface area contributed by atoms with E-state index in [0.29, 0.717) is 0 Å². The molecule has 0 aliphatic rings. The molecule has 0 bridgehead atoms. The lowest BCUT2D eigenvalue weighted by Gasteiger charge is -2.09. The van der Waals surface area contributed by atoms with Crippen LogP contribution in [0, 0.1) is 22.9 Å². The molecule has 2 aromatic rings. The van der Waals surface area contributed by atoms with Gasteiger partial charge in [0, 0.05) is 0 Å². The van der Waals surface area contributed by atoms with Crippen molar-refractivity contribution < 1.29 is 9.31 Å².